The number of rotatable bonds is 5. The Kier molecular flexibility index (Phi) is 6.72. The number of nitrogens with one attached hydrogen (secondary N) is 1. The van der Waals surface area contributed by atoms with Gasteiger partial charge in [0.1, 0.15) is 0 Å². The highest BCUT2D eigenvalue weighted by Gasteiger charge is 2.30. The SMILES string of the molecule is CC(C)SC(C)C(=O)N1Cc2ccnn2CC(NC(=O)C2=CS(=O)(=O)CCC2)C1. The lowest BCUT2D eigenvalue weighted by atomic mass is 10.1. The Bertz CT molecular complexity index is 907. The molecule has 0 aromatic carbocycles. The first-order valence-corrected chi connectivity index (χ1v) is 12.5. The number of hydrogen-bond acceptors (Lipinski definition) is 6. The van der Waals surface area contributed by atoms with Gasteiger partial charge in [-0.2, -0.15) is 5.10 Å². The molecule has 29 heavy (non-hydrogen) atoms. The van der Waals surface area contributed by atoms with Gasteiger partial charge in [0.2, 0.25) is 11.8 Å². The number of fused-ring (bicyclic) bond motifs is 1. The average Bonchev–Trinajstić information content (AvgIpc) is 2.98. The molecule has 0 spiro atoms. The molecule has 1 N–H and O–H groups in total. The van der Waals surface area contributed by atoms with Gasteiger partial charge < -0.3 is 10.2 Å². The standard InChI is InChI=1S/C19H28N4O4S2/c1-13(2)28-14(3)19(25)22-9-16(10-23-17(11-22)6-7-20-23)21-18(24)15-5-4-8-29(26,27)12-15/h6-7,12-14,16H,4-5,8-11H2,1-3H3,(H,21,24). The highest BCUT2D eigenvalue weighted by atomic mass is 32.2. The van der Waals surface area contributed by atoms with Crippen LogP contribution in [0.5, 0.6) is 0 Å². The van der Waals surface area contributed by atoms with E-state index in [1.165, 1.54) is 0 Å². The molecule has 10 heteroatoms. The van der Waals surface area contributed by atoms with Gasteiger partial charge in [-0.15, -0.1) is 11.8 Å². The van der Waals surface area contributed by atoms with Crippen LogP contribution in [0.4, 0.5) is 0 Å². The number of thioether (sulfide) groups is 1. The van der Waals surface area contributed by atoms with Crippen molar-refractivity contribution in [3.63, 3.8) is 0 Å². The van der Waals surface area contributed by atoms with Crippen LogP contribution < -0.4 is 5.32 Å². The summed E-state index contributed by atoms with van der Waals surface area (Å²) in [4.78, 5) is 27.5. The summed E-state index contributed by atoms with van der Waals surface area (Å²) in [5.41, 5.74) is 1.19. The van der Waals surface area contributed by atoms with Gasteiger partial charge in [0.15, 0.2) is 9.84 Å². The van der Waals surface area contributed by atoms with Crippen LogP contribution in [0.1, 0.15) is 39.3 Å². The molecule has 0 bridgehead atoms. The number of carbonyl (C=O) groups excluding carboxylic acids is 2. The molecule has 2 aliphatic heterocycles. The summed E-state index contributed by atoms with van der Waals surface area (Å²) in [5, 5.41) is 8.47. The lowest BCUT2D eigenvalue weighted by Gasteiger charge is -2.28. The summed E-state index contributed by atoms with van der Waals surface area (Å²) >= 11 is 1.61. The van der Waals surface area contributed by atoms with Crippen molar-refractivity contribution in [3.05, 3.63) is 28.9 Å². The van der Waals surface area contributed by atoms with E-state index in [-0.39, 0.29) is 34.4 Å². The summed E-state index contributed by atoms with van der Waals surface area (Å²) in [5.74, 6) is -0.277. The average molecular weight is 441 g/mol. The number of carbonyl (C=O) groups is 2. The zero-order chi connectivity index (χ0) is 21.2. The maximum Gasteiger partial charge on any atom is 0.248 e. The zero-order valence-electron chi connectivity index (χ0n) is 17.0. The molecule has 2 atom stereocenters. The van der Waals surface area contributed by atoms with E-state index in [2.05, 4.69) is 24.3 Å². The summed E-state index contributed by atoms with van der Waals surface area (Å²) in [7, 11) is -3.32. The van der Waals surface area contributed by atoms with Crippen molar-refractivity contribution in [2.24, 2.45) is 0 Å². The fourth-order valence-electron chi connectivity index (χ4n) is 3.68. The summed E-state index contributed by atoms with van der Waals surface area (Å²) in [6.07, 6.45) is 2.57. The van der Waals surface area contributed by atoms with Gasteiger partial charge in [0.25, 0.3) is 0 Å². The van der Waals surface area contributed by atoms with Crippen LogP contribution in [0.3, 0.4) is 0 Å². The molecular formula is C19H28N4O4S2. The highest BCUT2D eigenvalue weighted by molar-refractivity contribution is 8.01. The molecule has 0 saturated heterocycles. The minimum atomic E-state index is -3.32. The van der Waals surface area contributed by atoms with Gasteiger partial charge in [-0.05, 0) is 31.1 Å². The van der Waals surface area contributed by atoms with Crippen LogP contribution in [0.15, 0.2) is 23.2 Å². The Morgan fingerprint density at radius 2 is 2.03 bits per heavy atom. The smallest absolute Gasteiger partial charge is 0.248 e. The molecule has 2 unspecified atom stereocenters. The summed E-state index contributed by atoms with van der Waals surface area (Å²) in [6.45, 7) is 7.24. The number of amides is 2. The largest absolute Gasteiger partial charge is 0.346 e. The fraction of sp³-hybridized carbons (Fsp3) is 0.632. The summed E-state index contributed by atoms with van der Waals surface area (Å²) < 4.78 is 25.4. The van der Waals surface area contributed by atoms with E-state index in [0.29, 0.717) is 37.7 Å². The first kappa shape index (κ1) is 21.9. The maximum absolute atomic E-state index is 13.0. The number of nitrogens with zero attached hydrogens (tertiary/aromatic N) is 3. The van der Waals surface area contributed by atoms with Crippen molar-refractivity contribution in [3.8, 4) is 0 Å². The Hall–Kier alpha value is -1.81. The van der Waals surface area contributed by atoms with Gasteiger partial charge in [0.05, 0.1) is 35.8 Å². The molecule has 0 saturated carbocycles. The third-order valence-electron chi connectivity index (χ3n) is 4.95. The molecule has 3 heterocycles. The van der Waals surface area contributed by atoms with Crippen LogP contribution >= 0.6 is 11.8 Å². The van der Waals surface area contributed by atoms with E-state index in [9.17, 15) is 18.0 Å². The quantitative estimate of drug-likeness (QED) is 0.741. The molecule has 160 valence electrons. The fourth-order valence-corrected chi connectivity index (χ4v) is 6.08. The third kappa shape index (κ3) is 5.63. The number of hydrogen-bond donors (Lipinski definition) is 1. The van der Waals surface area contributed by atoms with Gasteiger partial charge in [-0.25, -0.2) is 8.42 Å². The monoisotopic (exact) mass is 440 g/mol. The third-order valence-corrected chi connectivity index (χ3v) is 7.61. The second-order valence-corrected chi connectivity index (χ2v) is 11.7. The molecule has 0 aliphatic carbocycles. The molecule has 2 amide bonds. The molecule has 0 fully saturated rings. The zero-order valence-corrected chi connectivity index (χ0v) is 18.6. The second kappa shape index (κ2) is 8.91. The molecule has 3 rings (SSSR count). The van der Waals surface area contributed by atoms with Crippen molar-refractivity contribution in [2.75, 3.05) is 12.3 Å². The number of sulfone groups is 1. The summed E-state index contributed by atoms with van der Waals surface area (Å²) in [6, 6.07) is 1.52. The first-order chi connectivity index (χ1) is 13.6. The van der Waals surface area contributed by atoms with E-state index in [4.69, 9.17) is 0 Å². The normalized spacial score (nSPS) is 22.4. The number of aromatic nitrogens is 2. The van der Waals surface area contributed by atoms with Gasteiger partial charge in [-0.1, -0.05) is 13.8 Å². The predicted octanol–water partition coefficient (Wildman–Crippen LogP) is 1.33. The van der Waals surface area contributed by atoms with Crippen LogP contribution in [-0.4, -0.2) is 63.8 Å². The Morgan fingerprint density at radius 1 is 1.28 bits per heavy atom. The van der Waals surface area contributed by atoms with E-state index in [0.717, 1.165) is 11.1 Å². The Morgan fingerprint density at radius 3 is 2.72 bits per heavy atom. The van der Waals surface area contributed by atoms with Crippen LogP contribution in [0.2, 0.25) is 0 Å². The Balaban J connectivity index is 1.77. The van der Waals surface area contributed by atoms with E-state index < -0.39 is 9.84 Å². The molecule has 0 radical (unpaired) electrons. The highest BCUT2D eigenvalue weighted by Crippen LogP contribution is 2.22. The van der Waals surface area contributed by atoms with Crippen molar-refractivity contribution in [1.82, 2.24) is 20.0 Å². The first-order valence-electron chi connectivity index (χ1n) is 9.84. The lowest BCUT2D eigenvalue weighted by Crippen LogP contribution is -2.48. The molecule has 8 nitrogen and oxygen atoms in total. The molecule has 1 aromatic rings. The van der Waals surface area contributed by atoms with E-state index >= 15 is 0 Å². The van der Waals surface area contributed by atoms with Crippen molar-refractivity contribution in [1.29, 1.82) is 0 Å². The molecule has 2 aliphatic rings. The van der Waals surface area contributed by atoms with E-state index in [1.54, 1.807) is 27.5 Å². The van der Waals surface area contributed by atoms with E-state index in [1.807, 2.05) is 13.0 Å². The van der Waals surface area contributed by atoms with Crippen molar-refractivity contribution < 1.29 is 18.0 Å². The van der Waals surface area contributed by atoms with Crippen molar-refractivity contribution in [2.45, 2.75) is 63.2 Å². The van der Waals surface area contributed by atoms with Crippen molar-refractivity contribution >= 4 is 33.4 Å². The lowest BCUT2D eigenvalue weighted by molar-refractivity contribution is -0.131. The van der Waals surface area contributed by atoms with Gasteiger partial charge in [0, 0.05) is 23.7 Å². The predicted molar refractivity (Wildman–Crippen MR) is 113 cm³/mol. The van der Waals surface area contributed by atoms with Gasteiger partial charge >= 0.3 is 0 Å². The van der Waals surface area contributed by atoms with Crippen LogP contribution in [0, 0.1) is 0 Å². The molecule has 1 aromatic heterocycles. The van der Waals surface area contributed by atoms with Crippen LogP contribution in [-0.2, 0) is 32.5 Å². The Labute approximate surface area is 176 Å². The van der Waals surface area contributed by atoms with Crippen LogP contribution in [0.25, 0.3) is 0 Å². The minimum Gasteiger partial charge on any atom is -0.346 e. The second-order valence-electron chi connectivity index (χ2n) is 7.83. The topological polar surface area (TPSA) is 101 Å². The van der Waals surface area contributed by atoms with Gasteiger partial charge in [-0.3, -0.25) is 14.3 Å². The molecular weight excluding hydrogens is 412 g/mol. The minimum absolute atomic E-state index is 0.0251. The maximum atomic E-state index is 13.0.